The average Bonchev–Trinajstić information content (AvgIpc) is 2.87. The molecule has 0 aromatic heterocycles. The molecule has 1 unspecified atom stereocenters. The topological polar surface area (TPSA) is 104 Å². The summed E-state index contributed by atoms with van der Waals surface area (Å²) in [6, 6.07) is -1.74. The number of carboxylic acid groups (broad SMARTS) is 1. The molecule has 19 heavy (non-hydrogen) atoms. The van der Waals surface area contributed by atoms with E-state index in [9.17, 15) is 14.4 Å². The van der Waals surface area contributed by atoms with E-state index < -0.39 is 24.0 Å². The summed E-state index contributed by atoms with van der Waals surface area (Å²) in [6.45, 7) is 0.896. The van der Waals surface area contributed by atoms with Crippen molar-refractivity contribution in [2.75, 3.05) is 13.1 Å². The summed E-state index contributed by atoms with van der Waals surface area (Å²) in [7, 11) is 0. The SMILES string of the molecule is NC(=O)C1CCCCN1C(=O)N1CCC[C@@H]1C(=O)O. The highest BCUT2D eigenvalue weighted by atomic mass is 16.4. The number of primary amides is 1. The number of piperidine rings is 1. The van der Waals surface area contributed by atoms with Crippen molar-refractivity contribution in [2.24, 2.45) is 5.73 Å². The van der Waals surface area contributed by atoms with Crippen LogP contribution >= 0.6 is 0 Å². The van der Waals surface area contributed by atoms with Crippen LogP contribution in [-0.2, 0) is 9.59 Å². The maximum absolute atomic E-state index is 12.4. The van der Waals surface area contributed by atoms with Gasteiger partial charge in [-0.3, -0.25) is 4.79 Å². The van der Waals surface area contributed by atoms with E-state index >= 15 is 0 Å². The zero-order chi connectivity index (χ0) is 14.0. The van der Waals surface area contributed by atoms with Crippen LogP contribution in [0, 0.1) is 0 Å². The average molecular weight is 269 g/mol. The van der Waals surface area contributed by atoms with Crippen LogP contribution in [0.2, 0.25) is 0 Å². The Hall–Kier alpha value is -1.79. The van der Waals surface area contributed by atoms with E-state index in [1.54, 1.807) is 0 Å². The maximum atomic E-state index is 12.4. The van der Waals surface area contributed by atoms with E-state index in [-0.39, 0.29) is 6.03 Å². The number of nitrogens with two attached hydrogens (primary N) is 1. The Bertz CT molecular complexity index is 398. The van der Waals surface area contributed by atoms with Crippen molar-refractivity contribution in [1.29, 1.82) is 0 Å². The van der Waals surface area contributed by atoms with Gasteiger partial charge < -0.3 is 20.6 Å². The minimum Gasteiger partial charge on any atom is -0.480 e. The van der Waals surface area contributed by atoms with Gasteiger partial charge in [-0.25, -0.2) is 9.59 Å². The fourth-order valence-electron chi connectivity index (χ4n) is 2.87. The van der Waals surface area contributed by atoms with Gasteiger partial charge >= 0.3 is 12.0 Å². The summed E-state index contributed by atoms with van der Waals surface area (Å²) in [6.07, 6.45) is 3.39. The van der Waals surface area contributed by atoms with Gasteiger partial charge in [0.1, 0.15) is 12.1 Å². The van der Waals surface area contributed by atoms with Crippen LogP contribution < -0.4 is 5.73 Å². The zero-order valence-corrected chi connectivity index (χ0v) is 10.7. The number of amides is 3. The summed E-state index contributed by atoms with van der Waals surface area (Å²) in [5.41, 5.74) is 5.32. The van der Waals surface area contributed by atoms with Gasteiger partial charge in [0.15, 0.2) is 0 Å². The molecule has 2 heterocycles. The monoisotopic (exact) mass is 269 g/mol. The molecule has 0 aliphatic carbocycles. The largest absolute Gasteiger partial charge is 0.480 e. The Balaban J connectivity index is 2.13. The van der Waals surface area contributed by atoms with Crippen LogP contribution in [0.5, 0.6) is 0 Å². The number of nitrogens with zero attached hydrogens (tertiary/aromatic N) is 2. The summed E-state index contributed by atoms with van der Waals surface area (Å²) in [5.74, 6) is -1.50. The Labute approximate surface area is 111 Å². The molecule has 2 fully saturated rings. The molecule has 2 aliphatic rings. The van der Waals surface area contributed by atoms with E-state index in [1.807, 2.05) is 0 Å². The molecule has 106 valence electrons. The number of likely N-dealkylation sites (tertiary alicyclic amines) is 2. The van der Waals surface area contributed by atoms with Crippen LogP contribution in [0.3, 0.4) is 0 Å². The lowest BCUT2D eigenvalue weighted by atomic mass is 10.0. The minimum absolute atomic E-state index is 0.367. The quantitative estimate of drug-likeness (QED) is 0.736. The number of hydrogen-bond acceptors (Lipinski definition) is 3. The van der Waals surface area contributed by atoms with Crippen molar-refractivity contribution >= 4 is 17.9 Å². The molecule has 0 bridgehead atoms. The lowest BCUT2D eigenvalue weighted by Gasteiger charge is -2.37. The zero-order valence-electron chi connectivity index (χ0n) is 10.7. The number of rotatable bonds is 2. The highest BCUT2D eigenvalue weighted by molar-refractivity contribution is 5.88. The molecule has 3 N–H and O–H groups in total. The third-order valence-electron chi connectivity index (χ3n) is 3.86. The second-order valence-electron chi connectivity index (χ2n) is 5.08. The Morgan fingerprint density at radius 2 is 1.53 bits per heavy atom. The van der Waals surface area contributed by atoms with Crippen molar-refractivity contribution in [1.82, 2.24) is 9.80 Å². The predicted octanol–water partition coefficient (Wildman–Crippen LogP) is -0.00480. The lowest BCUT2D eigenvalue weighted by Crippen LogP contribution is -2.56. The molecule has 0 aromatic carbocycles. The molecule has 2 saturated heterocycles. The predicted molar refractivity (Wildman–Crippen MR) is 66.3 cm³/mol. The van der Waals surface area contributed by atoms with Gasteiger partial charge in [0.25, 0.3) is 0 Å². The van der Waals surface area contributed by atoms with Gasteiger partial charge in [0.05, 0.1) is 0 Å². The molecule has 0 aromatic rings. The van der Waals surface area contributed by atoms with Crippen molar-refractivity contribution in [2.45, 2.75) is 44.2 Å². The van der Waals surface area contributed by atoms with E-state index in [2.05, 4.69) is 0 Å². The molecule has 0 saturated carbocycles. The van der Waals surface area contributed by atoms with Crippen LogP contribution in [0.15, 0.2) is 0 Å². The molecule has 0 spiro atoms. The van der Waals surface area contributed by atoms with E-state index in [0.717, 1.165) is 12.8 Å². The summed E-state index contributed by atoms with van der Waals surface area (Å²) in [5, 5.41) is 9.10. The molecule has 2 atom stereocenters. The molecule has 7 nitrogen and oxygen atoms in total. The number of urea groups is 1. The second-order valence-corrected chi connectivity index (χ2v) is 5.08. The highest BCUT2D eigenvalue weighted by Gasteiger charge is 2.40. The van der Waals surface area contributed by atoms with Crippen LogP contribution in [0.1, 0.15) is 32.1 Å². The first-order valence-corrected chi connectivity index (χ1v) is 6.61. The van der Waals surface area contributed by atoms with Crippen LogP contribution in [0.4, 0.5) is 4.79 Å². The molecule has 3 amide bonds. The third-order valence-corrected chi connectivity index (χ3v) is 3.86. The van der Waals surface area contributed by atoms with Gasteiger partial charge in [-0.15, -0.1) is 0 Å². The Morgan fingerprint density at radius 1 is 0.947 bits per heavy atom. The molecular weight excluding hydrogens is 250 g/mol. The van der Waals surface area contributed by atoms with E-state index in [4.69, 9.17) is 10.8 Å². The summed E-state index contributed by atoms with van der Waals surface area (Å²) < 4.78 is 0. The van der Waals surface area contributed by atoms with Gasteiger partial charge in [-0.05, 0) is 32.1 Å². The van der Waals surface area contributed by atoms with Crippen molar-refractivity contribution < 1.29 is 19.5 Å². The first-order chi connectivity index (χ1) is 9.02. The van der Waals surface area contributed by atoms with Crippen LogP contribution in [-0.4, -0.2) is 58.0 Å². The normalized spacial score (nSPS) is 27.4. The first kappa shape index (κ1) is 13.6. The van der Waals surface area contributed by atoms with Crippen molar-refractivity contribution in [3.8, 4) is 0 Å². The fraction of sp³-hybridized carbons (Fsp3) is 0.750. The minimum atomic E-state index is -0.988. The maximum Gasteiger partial charge on any atom is 0.326 e. The molecule has 2 aliphatic heterocycles. The molecular formula is C12H19N3O4. The molecule has 0 radical (unpaired) electrons. The summed E-state index contributed by atoms with van der Waals surface area (Å²) in [4.78, 5) is 37.7. The van der Waals surface area contributed by atoms with Gasteiger partial charge in [0.2, 0.25) is 5.91 Å². The smallest absolute Gasteiger partial charge is 0.326 e. The van der Waals surface area contributed by atoms with Gasteiger partial charge in [0, 0.05) is 13.1 Å². The van der Waals surface area contributed by atoms with Gasteiger partial charge in [-0.2, -0.15) is 0 Å². The second kappa shape index (κ2) is 5.46. The van der Waals surface area contributed by atoms with Gasteiger partial charge in [-0.1, -0.05) is 0 Å². The molecule has 7 heteroatoms. The van der Waals surface area contributed by atoms with Crippen molar-refractivity contribution in [3.63, 3.8) is 0 Å². The van der Waals surface area contributed by atoms with E-state index in [0.29, 0.717) is 32.4 Å². The van der Waals surface area contributed by atoms with Crippen molar-refractivity contribution in [3.05, 3.63) is 0 Å². The lowest BCUT2D eigenvalue weighted by molar-refractivity contribution is -0.141. The number of carboxylic acids is 1. The Morgan fingerprint density at radius 3 is 2.16 bits per heavy atom. The fourth-order valence-corrected chi connectivity index (χ4v) is 2.87. The standard InChI is InChI=1S/C12H19N3O4/c13-10(16)8-4-1-2-6-14(8)12(19)15-7-3-5-9(15)11(17)18/h8-9H,1-7H2,(H2,13,16)(H,17,18)/t8?,9-/m1/s1. The first-order valence-electron chi connectivity index (χ1n) is 6.61. The van der Waals surface area contributed by atoms with Crippen LogP contribution in [0.25, 0.3) is 0 Å². The van der Waals surface area contributed by atoms with E-state index in [1.165, 1.54) is 9.80 Å². The Kier molecular flexibility index (Phi) is 3.92. The number of carbonyl (C=O) groups is 3. The third kappa shape index (κ3) is 2.64. The number of carbonyl (C=O) groups excluding carboxylic acids is 2. The highest BCUT2D eigenvalue weighted by Crippen LogP contribution is 2.24. The number of hydrogen-bond donors (Lipinski definition) is 2. The summed E-state index contributed by atoms with van der Waals surface area (Å²) >= 11 is 0. The molecule has 2 rings (SSSR count). The number of aliphatic carboxylic acids is 1.